The second-order valence-corrected chi connectivity index (χ2v) is 4.69. The van der Waals surface area contributed by atoms with Gasteiger partial charge in [-0.15, -0.1) is 0 Å². The van der Waals surface area contributed by atoms with Gasteiger partial charge in [-0.05, 0) is 17.7 Å². The minimum Gasteiger partial charge on any atom is -0.352 e. The summed E-state index contributed by atoms with van der Waals surface area (Å²) in [6.45, 7) is 0.357. The first-order valence-corrected chi connectivity index (χ1v) is 6.80. The predicted octanol–water partition coefficient (Wildman–Crippen LogP) is 1.79. The molecule has 0 saturated heterocycles. The number of nitrogens with zero attached hydrogens (tertiary/aromatic N) is 1. The Labute approximate surface area is 115 Å². The molecule has 0 aromatic heterocycles. The van der Waals surface area contributed by atoms with Crippen LogP contribution in [0.15, 0.2) is 24.3 Å². The number of rotatable bonds is 5. The van der Waals surface area contributed by atoms with Crippen molar-refractivity contribution in [2.45, 2.75) is 11.8 Å². The van der Waals surface area contributed by atoms with Crippen LogP contribution in [0.4, 0.5) is 0 Å². The smallest absolute Gasteiger partial charge is 0.251 e. The summed E-state index contributed by atoms with van der Waals surface area (Å²) >= 11 is 3.35. The van der Waals surface area contributed by atoms with Gasteiger partial charge in [0, 0.05) is 38.0 Å². The van der Waals surface area contributed by atoms with Crippen molar-refractivity contribution in [3.8, 4) is 0 Å². The van der Waals surface area contributed by atoms with Crippen molar-refractivity contribution in [1.29, 1.82) is 0 Å². The summed E-state index contributed by atoms with van der Waals surface area (Å²) in [4.78, 5) is 24.6. The van der Waals surface area contributed by atoms with Crippen LogP contribution in [0.25, 0.3) is 0 Å². The Hall–Kier alpha value is -1.36. The van der Waals surface area contributed by atoms with Crippen LogP contribution in [0.5, 0.6) is 0 Å². The summed E-state index contributed by atoms with van der Waals surface area (Å²) in [6, 6.07) is 7.35. The van der Waals surface area contributed by atoms with Gasteiger partial charge in [0.2, 0.25) is 5.91 Å². The lowest BCUT2D eigenvalue weighted by Crippen LogP contribution is -2.30. The molecule has 0 radical (unpaired) electrons. The van der Waals surface area contributed by atoms with E-state index >= 15 is 0 Å². The fourth-order valence-electron chi connectivity index (χ4n) is 1.35. The van der Waals surface area contributed by atoms with E-state index in [-0.39, 0.29) is 11.8 Å². The third kappa shape index (κ3) is 4.49. The highest BCUT2D eigenvalue weighted by molar-refractivity contribution is 9.08. The maximum absolute atomic E-state index is 11.7. The van der Waals surface area contributed by atoms with Gasteiger partial charge in [-0.25, -0.2) is 0 Å². The molecule has 0 bridgehead atoms. The van der Waals surface area contributed by atoms with Crippen molar-refractivity contribution in [3.05, 3.63) is 35.4 Å². The van der Waals surface area contributed by atoms with E-state index < -0.39 is 0 Å². The van der Waals surface area contributed by atoms with E-state index in [1.165, 1.54) is 4.90 Å². The van der Waals surface area contributed by atoms with Crippen LogP contribution in [-0.2, 0) is 10.1 Å². The third-order valence-electron chi connectivity index (χ3n) is 2.49. The van der Waals surface area contributed by atoms with E-state index in [0.29, 0.717) is 18.5 Å². The van der Waals surface area contributed by atoms with E-state index in [9.17, 15) is 9.59 Å². The zero-order chi connectivity index (χ0) is 13.5. The molecule has 0 aliphatic rings. The zero-order valence-electron chi connectivity index (χ0n) is 10.6. The van der Waals surface area contributed by atoms with Crippen LogP contribution >= 0.6 is 15.9 Å². The topological polar surface area (TPSA) is 49.4 Å². The monoisotopic (exact) mass is 312 g/mol. The maximum Gasteiger partial charge on any atom is 0.251 e. The summed E-state index contributed by atoms with van der Waals surface area (Å²) in [5, 5.41) is 3.49. The standard InChI is InChI=1S/C13H17BrN2O2/c1-16(2)12(17)7-8-15-13(18)11-5-3-10(9-14)4-6-11/h3-6H,7-9H2,1-2H3,(H,15,18). The number of amides is 2. The lowest BCUT2D eigenvalue weighted by atomic mass is 10.1. The molecule has 1 aromatic carbocycles. The summed E-state index contributed by atoms with van der Waals surface area (Å²) in [7, 11) is 3.40. The summed E-state index contributed by atoms with van der Waals surface area (Å²) < 4.78 is 0. The van der Waals surface area contributed by atoms with E-state index in [0.717, 1.165) is 10.9 Å². The molecule has 0 heterocycles. The number of halogens is 1. The van der Waals surface area contributed by atoms with Gasteiger partial charge in [-0.2, -0.15) is 0 Å². The van der Waals surface area contributed by atoms with Gasteiger partial charge in [-0.3, -0.25) is 9.59 Å². The molecule has 1 rings (SSSR count). The Morgan fingerprint density at radius 3 is 2.33 bits per heavy atom. The number of carbonyl (C=O) groups is 2. The molecule has 0 spiro atoms. The van der Waals surface area contributed by atoms with E-state index in [1.54, 1.807) is 26.2 Å². The summed E-state index contributed by atoms with van der Waals surface area (Å²) in [5.74, 6) is -0.146. The maximum atomic E-state index is 11.7. The number of hydrogen-bond acceptors (Lipinski definition) is 2. The average molecular weight is 313 g/mol. The van der Waals surface area contributed by atoms with Crippen molar-refractivity contribution in [3.63, 3.8) is 0 Å². The predicted molar refractivity (Wildman–Crippen MR) is 74.7 cm³/mol. The zero-order valence-corrected chi connectivity index (χ0v) is 12.2. The quantitative estimate of drug-likeness (QED) is 0.843. The number of carbonyl (C=O) groups excluding carboxylic acids is 2. The Balaban J connectivity index is 2.43. The van der Waals surface area contributed by atoms with Crippen molar-refractivity contribution in [2.75, 3.05) is 20.6 Å². The first-order valence-electron chi connectivity index (χ1n) is 5.68. The minimum absolute atomic E-state index is 0.00457. The molecule has 0 aliphatic carbocycles. The van der Waals surface area contributed by atoms with Crippen LogP contribution in [0.1, 0.15) is 22.3 Å². The van der Waals surface area contributed by atoms with Gasteiger partial charge in [0.1, 0.15) is 0 Å². The van der Waals surface area contributed by atoms with Crippen LogP contribution < -0.4 is 5.32 Å². The summed E-state index contributed by atoms with van der Waals surface area (Å²) in [6.07, 6.45) is 0.318. The second-order valence-electron chi connectivity index (χ2n) is 4.12. The molecule has 4 nitrogen and oxygen atoms in total. The first-order chi connectivity index (χ1) is 8.54. The highest BCUT2D eigenvalue weighted by atomic mass is 79.9. The fourth-order valence-corrected chi connectivity index (χ4v) is 1.73. The SMILES string of the molecule is CN(C)C(=O)CCNC(=O)c1ccc(CBr)cc1. The minimum atomic E-state index is -0.150. The van der Waals surface area contributed by atoms with Crippen molar-refractivity contribution >= 4 is 27.7 Å². The molecule has 2 amide bonds. The van der Waals surface area contributed by atoms with E-state index in [2.05, 4.69) is 21.2 Å². The van der Waals surface area contributed by atoms with Gasteiger partial charge < -0.3 is 10.2 Å². The van der Waals surface area contributed by atoms with Crippen molar-refractivity contribution < 1.29 is 9.59 Å². The molecule has 1 aromatic rings. The number of benzene rings is 1. The van der Waals surface area contributed by atoms with Crippen LogP contribution in [-0.4, -0.2) is 37.4 Å². The number of hydrogen-bond donors (Lipinski definition) is 1. The Kier molecular flexibility index (Phi) is 5.85. The number of alkyl halides is 1. The number of nitrogens with one attached hydrogen (secondary N) is 1. The molecule has 18 heavy (non-hydrogen) atoms. The summed E-state index contributed by atoms with van der Waals surface area (Å²) in [5.41, 5.74) is 1.73. The fraction of sp³-hybridized carbons (Fsp3) is 0.385. The van der Waals surface area contributed by atoms with Gasteiger partial charge in [0.15, 0.2) is 0 Å². The Morgan fingerprint density at radius 1 is 1.22 bits per heavy atom. The molecule has 0 unspecified atom stereocenters. The molecule has 0 atom stereocenters. The highest BCUT2D eigenvalue weighted by Gasteiger charge is 2.07. The molecule has 0 fully saturated rings. The lowest BCUT2D eigenvalue weighted by Gasteiger charge is -2.10. The van der Waals surface area contributed by atoms with Crippen LogP contribution in [0, 0.1) is 0 Å². The largest absolute Gasteiger partial charge is 0.352 e. The van der Waals surface area contributed by atoms with Crippen LogP contribution in [0.3, 0.4) is 0 Å². The van der Waals surface area contributed by atoms with Gasteiger partial charge in [0.25, 0.3) is 5.91 Å². The van der Waals surface area contributed by atoms with Crippen LogP contribution in [0.2, 0.25) is 0 Å². The highest BCUT2D eigenvalue weighted by Crippen LogP contribution is 2.07. The molecule has 0 aliphatic heterocycles. The molecule has 98 valence electrons. The normalized spacial score (nSPS) is 9.94. The lowest BCUT2D eigenvalue weighted by molar-refractivity contribution is -0.128. The van der Waals surface area contributed by atoms with Gasteiger partial charge in [0.05, 0.1) is 0 Å². The Morgan fingerprint density at radius 2 is 1.83 bits per heavy atom. The molecular weight excluding hydrogens is 296 g/mol. The van der Waals surface area contributed by atoms with Crippen molar-refractivity contribution in [2.24, 2.45) is 0 Å². The van der Waals surface area contributed by atoms with Crippen molar-refractivity contribution in [1.82, 2.24) is 10.2 Å². The molecule has 1 N–H and O–H groups in total. The second kappa shape index (κ2) is 7.16. The van der Waals surface area contributed by atoms with Gasteiger partial charge in [-0.1, -0.05) is 28.1 Å². The van der Waals surface area contributed by atoms with Gasteiger partial charge >= 0.3 is 0 Å². The third-order valence-corrected chi connectivity index (χ3v) is 3.14. The first kappa shape index (κ1) is 14.7. The van der Waals surface area contributed by atoms with E-state index in [1.807, 2.05) is 12.1 Å². The average Bonchev–Trinajstić information content (AvgIpc) is 2.38. The van der Waals surface area contributed by atoms with E-state index in [4.69, 9.17) is 0 Å². The Bertz CT molecular complexity index is 416. The molecular formula is C13H17BrN2O2. The molecule has 0 saturated carbocycles. The molecule has 5 heteroatoms.